The van der Waals surface area contributed by atoms with Crippen LogP contribution >= 0.6 is 27.5 Å². The van der Waals surface area contributed by atoms with Gasteiger partial charge in [0.15, 0.2) is 0 Å². The Hall–Kier alpha value is -1.07. The molecule has 0 saturated carbocycles. The molecule has 1 N–H and O–H groups in total. The largest absolute Gasteiger partial charge is 0.324 e. The van der Waals surface area contributed by atoms with Crippen molar-refractivity contribution < 1.29 is 9.59 Å². The molecule has 0 radical (unpaired) electrons. The lowest BCUT2D eigenvalue weighted by Gasteiger charge is -2.17. The van der Waals surface area contributed by atoms with E-state index in [4.69, 9.17) is 11.6 Å². The van der Waals surface area contributed by atoms with Gasteiger partial charge in [-0.15, -0.1) is 11.6 Å². The Bertz CT molecular complexity index is 426. The van der Waals surface area contributed by atoms with Gasteiger partial charge in [-0.1, -0.05) is 34.1 Å². The van der Waals surface area contributed by atoms with Crippen LogP contribution in [0.4, 0.5) is 4.79 Å². The Kier molecular flexibility index (Phi) is 5.44. The zero-order chi connectivity index (χ0) is 12.8. The van der Waals surface area contributed by atoms with Gasteiger partial charge in [0, 0.05) is 18.1 Å². The van der Waals surface area contributed by atoms with Crippen molar-refractivity contribution in [2.45, 2.75) is 6.54 Å². The number of nitrogens with one attached hydrogen (secondary N) is 1. The van der Waals surface area contributed by atoms with Crippen LogP contribution in [0.5, 0.6) is 0 Å². The Morgan fingerprint density at radius 2 is 2.06 bits per heavy atom. The number of imide groups is 1. The van der Waals surface area contributed by atoms with Gasteiger partial charge in [-0.25, -0.2) is 4.79 Å². The fraction of sp³-hybridized carbons (Fsp3) is 0.273. The van der Waals surface area contributed by atoms with Crippen molar-refractivity contribution in [2.24, 2.45) is 0 Å². The molecule has 17 heavy (non-hydrogen) atoms. The number of carbonyl (C=O) groups excluding carboxylic acids is 2. The van der Waals surface area contributed by atoms with Gasteiger partial charge in [-0.3, -0.25) is 10.1 Å². The quantitative estimate of drug-likeness (QED) is 0.870. The maximum Gasteiger partial charge on any atom is 0.324 e. The van der Waals surface area contributed by atoms with E-state index < -0.39 is 11.9 Å². The topological polar surface area (TPSA) is 49.4 Å². The van der Waals surface area contributed by atoms with Gasteiger partial charge in [0.25, 0.3) is 0 Å². The van der Waals surface area contributed by atoms with Gasteiger partial charge in [0.1, 0.15) is 5.88 Å². The molecule has 92 valence electrons. The third-order valence-corrected chi connectivity index (χ3v) is 3.10. The van der Waals surface area contributed by atoms with Crippen molar-refractivity contribution in [3.63, 3.8) is 0 Å². The molecule has 0 bridgehead atoms. The van der Waals surface area contributed by atoms with Crippen LogP contribution in [0.1, 0.15) is 5.56 Å². The van der Waals surface area contributed by atoms with Crippen molar-refractivity contribution in [3.05, 3.63) is 34.3 Å². The molecule has 0 aliphatic rings. The fourth-order valence-corrected chi connectivity index (χ4v) is 1.68. The minimum Gasteiger partial charge on any atom is -0.323 e. The van der Waals surface area contributed by atoms with Crippen LogP contribution in [0.25, 0.3) is 0 Å². The second kappa shape index (κ2) is 6.61. The van der Waals surface area contributed by atoms with Crippen LogP contribution < -0.4 is 5.32 Å². The third kappa shape index (κ3) is 4.36. The predicted octanol–water partition coefficient (Wildman–Crippen LogP) is 2.36. The minimum absolute atomic E-state index is 0.228. The Labute approximate surface area is 113 Å². The first kappa shape index (κ1) is 14.0. The first-order valence-electron chi connectivity index (χ1n) is 4.89. The van der Waals surface area contributed by atoms with Gasteiger partial charge < -0.3 is 4.90 Å². The third-order valence-electron chi connectivity index (χ3n) is 2.08. The maximum atomic E-state index is 11.5. The van der Waals surface area contributed by atoms with E-state index in [-0.39, 0.29) is 5.88 Å². The molecule has 0 aliphatic carbocycles. The molecule has 1 aromatic rings. The highest BCUT2D eigenvalue weighted by molar-refractivity contribution is 9.10. The highest BCUT2D eigenvalue weighted by atomic mass is 79.9. The summed E-state index contributed by atoms with van der Waals surface area (Å²) in [4.78, 5) is 23.9. The molecule has 0 spiro atoms. The average molecular weight is 320 g/mol. The zero-order valence-electron chi connectivity index (χ0n) is 9.24. The van der Waals surface area contributed by atoms with Crippen molar-refractivity contribution in [2.75, 3.05) is 12.9 Å². The molecular weight excluding hydrogens is 307 g/mol. The minimum atomic E-state index is -0.504. The number of halogens is 2. The summed E-state index contributed by atoms with van der Waals surface area (Å²) in [5.41, 5.74) is 0.962. The van der Waals surface area contributed by atoms with Crippen LogP contribution in [0, 0.1) is 0 Å². The molecule has 0 aliphatic heterocycles. The Balaban J connectivity index is 2.60. The van der Waals surface area contributed by atoms with E-state index in [1.165, 1.54) is 4.90 Å². The molecule has 0 fully saturated rings. The van der Waals surface area contributed by atoms with Gasteiger partial charge in [0.05, 0.1) is 0 Å². The second-order valence-corrected chi connectivity index (χ2v) is 4.56. The number of carbonyl (C=O) groups is 2. The summed E-state index contributed by atoms with van der Waals surface area (Å²) < 4.78 is 0.920. The van der Waals surface area contributed by atoms with Crippen molar-refractivity contribution in [1.82, 2.24) is 10.2 Å². The van der Waals surface area contributed by atoms with E-state index in [0.717, 1.165) is 10.0 Å². The number of amides is 3. The lowest BCUT2D eigenvalue weighted by atomic mass is 10.2. The Morgan fingerprint density at radius 1 is 1.41 bits per heavy atom. The molecular formula is C11H12BrClN2O2. The standard InChI is InChI=1S/C11H12BrClN2O2/c1-15(11(17)14-10(16)6-13)7-8-4-2-3-5-9(8)12/h2-5H,6-7H2,1H3,(H,14,16,17). The van der Waals surface area contributed by atoms with E-state index in [1.54, 1.807) is 7.05 Å². The molecule has 6 heteroatoms. The molecule has 0 saturated heterocycles. The number of alkyl halides is 1. The highest BCUT2D eigenvalue weighted by Crippen LogP contribution is 2.17. The molecule has 1 rings (SSSR count). The van der Waals surface area contributed by atoms with Gasteiger partial charge in [-0.05, 0) is 11.6 Å². The first-order chi connectivity index (χ1) is 8.04. The molecule has 0 unspecified atom stereocenters. The SMILES string of the molecule is CN(Cc1ccccc1Br)C(=O)NC(=O)CCl. The predicted molar refractivity (Wildman–Crippen MR) is 69.9 cm³/mol. The van der Waals surface area contributed by atoms with Crippen molar-refractivity contribution in [3.8, 4) is 0 Å². The number of nitrogens with zero attached hydrogens (tertiary/aromatic N) is 1. The summed E-state index contributed by atoms with van der Waals surface area (Å²) in [6, 6.07) is 7.11. The molecule has 0 atom stereocenters. The number of urea groups is 1. The molecule has 0 heterocycles. The van der Waals surface area contributed by atoms with E-state index >= 15 is 0 Å². The zero-order valence-corrected chi connectivity index (χ0v) is 11.6. The number of benzene rings is 1. The van der Waals surface area contributed by atoms with Crippen LogP contribution in [0.15, 0.2) is 28.7 Å². The monoisotopic (exact) mass is 318 g/mol. The summed E-state index contributed by atoms with van der Waals surface area (Å²) in [6.45, 7) is 0.406. The smallest absolute Gasteiger partial charge is 0.323 e. The van der Waals surface area contributed by atoms with Gasteiger partial charge >= 0.3 is 6.03 Å². The highest BCUT2D eigenvalue weighted by Gasteiger charge is 2.12. The van der Waals surface area contributed by atoms with Crippen LogP contribution in [0.3, 0.4) is 0 Å². The fourth-order valence-electron chi connectivity index (χ4n) is 1.20. The summed E-state index contributed by atoms with van der Waals surface area (Å²) in [5, 5.41) is 2.17. The van der Waals surface area contributed by atoms with Crippen molar-refractivity contribution in [1.29, 1.82) is 0 Å². The second-order valence-electron chi connectivity index (χ2n) is 3.43. The molecule has 3 amide bonds. The Morgan fingerprint density at radius 3 is 2.65 bits per heavy atom. The van der Waals surface area contributed by atoms with Crippen LogP contribution in [-0.2, 0) is 11.3 Å². The number of rotatable bonds is 3. The summed E-state index contributed by atoms with van der Waals surface area (Å²) in [6.07, 6.45) is 0. The van der Waals surface area contributed by atoms with Crippen LogP contribution in [0.2, 0.25) is 0 Å². The molecule has 0 aromatic heterocycles. The van der Waals surface area contributed by atoms with E-state index in [2.05, 4.69) is 21.2 Å². The number of hydrogen-bond donors (Lipinski definition) is 1. The summed E-state index contributed by atoms with van der Waals surface area (Å²) in [7, 11) is 1.61. The summed E-state index contributed by atoms with van der Waals surface area (Å²) >= 11 is 8.69. The molecule has 4 nitrogen and oxygen atoms in total. The van der Waals surface area contributed by atoms with E-state index in [0.29, 0.717) is 6.54 Å². The first-order valence-corrected chi connectivity index (χ1v) is 6.21. The number of hydrogen-bond acceptors (Lipinski definition) is 2. The van der Waals surface area contributed by atoms with Gasteiger partial charge in [-0.2, -0.15) is 0 Å². The van der Waals surface area contributed by atoms with Crippen molar-refractivity contribution >= 4 is 39.5 Å². The molecule has 1 aromatic carbocycles. The van der Waals surface area contributed by atoms with E-state index in [9.17, 15) is 9.59 Å². The van der Waals surface area contributed by atoms with Crippen LogP contribution in [-0.4, -0.2) is 29.8 Å². The van der Waals surface area contributed by atoms with Gasteiger partial charge in [0.2, 0.25) is 5.91 Å². The average Bonchev–Trinajstić information content (AvgIpc) is 2.31. The maximum absolute atomic E-state index is 11.5. The lowest BCUT2D eigenvalue weighted by Crippen LogP contribution is -2.40. The van der Waals surface area contributed by atoms with E-state index in [1.807, 2.05) is 24.3 Å². The lowest BCUT2D eigenvalue weighted by molar-refractivity contribution is -0.117. The normalized spacial score (nSPS) is 9.82. The summed E-state index contributed by atoms with van der Waals surface area (Å²) in [5.74, 6) is -0.732.